The van der Waals surface area contributed by atoms with Crippen LogP contribution in [0.2, 0.25) is 0 Å². The minimum Gasteiger partial charge on any atom is -0.494 e. The summed E-state index contributed by atoms with van der Waals surface area (Å²) in [5, 5.41) is 5.30. The molecule has 0 saturated heterocycles. The first-order valence-corrected chi connectivity index (χ1v) is 11.0. The molecule has 0 radical (unpaired) electrons. The molecule has 0 aliphatic carbocycles. The summed E-state index contributed by atoms with van der Waals surface area (Å²) in [4.78, 5) is 16.8. The lowest BCUT2D eigenvalue weighted by Gasteiger charge is -2.13. The lowest BCUT2D eigenvalue weighted by Crippen LogP contribution is -2.20. The SMILES string of the molecule is CCCCOc1ccc(-c2csc(NC(=O)COc3c(C)ccc(C)c3C)n2)cc1. The second kappa shape index (κ2) is 10.3. The fraction of sp³-hybridized carbons (Fsp3) is 0.333. The molecule has 0 saturated carbocycles. The van der Waals surface area contributed by atoms with Crippen LogP contribution >= 0.6 is 11.3 Å². The van der Waals surface area contributed by atoms with Crippen molar-refractivity contribution < 1.29 is 14.3 Å². The molecule has 0 bridgehead atoms. The van der Waals surface area contributed by atoms with Gasteiger partial charge in [0, 0.05) is 10.9 Å². The number of aromatic nitrogens is 1. The van der Waals surface area contributed by atoms with Gasteiger partial charge >= 0.3 is 0 Å². The first kappa shape index (κ1) is 21.8. The molecule has 0 fully saturated rings. The number of anilines is 1. The first-order chi connectivity index (χ1) is 14.5. The summed E-state index contributed by atoms with van der Waals surface area (Å²) < 4.78 is 11.5. The Hall–Kier alpha value is -2.86. The van der Waals surface area contributed by atoms with Gasteiger partial charge in [-0.2, -0.15) is 0 Å². The Labute approximate surface area is 182 Å². The van der Waals surface area contributed by atoms with Crippen molar-refractivity contribution in [2.24, 2.45) is 0 Å². The molecule has 1 aromatic heterocycles. The molecule has 158 valence electrons. The van der Waals surface area contributed by atoms with Crippen molar-refractivity contribution in [2.75, 3.05) is 18.5 Å². The molecule has 3 rings (SSSR count). The predicted molar refractivity (Wildman–Crippen MR) is 123 cm³/mol. The Morgan fingerprint density at radius 3 is 2.50 bits per heavy atom. The Bertz CT molecular complexity index is 996. The Morgan fingerprint density at radius 2 is 1.77 bits per heavy atom. The largest absolute Gasteiger partial charge is 0.494 e. The zero-order chi connectivity index (χ0) is 21.5. The van der Waals surface area contributed by atoms with E-state index in [0.717, 1.165) is 58.9 Å². The molecule has 1 N–H and O–H groups in total. The van der Waals surface area contributed by atoms with Crippen LogP contribution in [-0.4, -0.2) is 24.1 Å². The van der Waals surface area contributed by atoms with Gasteiger partial charge in [-0.05, 0) is 68.1 Å². The van der Waals surface area contributed by atoms with Crippen LogP contribution in [0.15, 0.2) is 41.8 Å². The van der Waals surface area contributed by atoms with E-state index in [9.17, 15) is 4.79 Å². The summed E-state index contributed by atoms with van der Waals surface area (Å²) in [6.45, 7) is 8.83. The van der Waals surface area contributed by atoms with Gasteiger partial charge in [0.2, 0.25) is 0 Å². The van der Waals surface area contributed by atoms with E-state index in [1.165, 1.54) is 11.3 Å². The fourth-order valence-electron chi connectivity index (χ4n) is 2.96. The lowest BCUT2D eigenvalue weighted by molar-refractivity contribution is -0.118. The van der Waals surface area contributed by atoms with Crippen LogP contribution < -0.4 is 14.8 Å². The zero-order valence-electron chi connectivity index (χ0n) is 18.0. The molecule has 1 heterocycles. The number of carbonyl (C=O) groups is 1. The minimum absolute atomic E-state index is 0.0517. The standard InChI is InChI=1S/C24H28N2O3S/c1-5-6-13-28-20-11-9-19(10-12-20)21-15-30-24(25-21)26-22(27)14-29-23-17(3)8-7-16(2)18(23)4/h7-12,15H,5-6,13-14H2,1-4H3,(H,25,26,27). The third-order valence-electron chi connectivity index (χ3n) is 4.89. The third kappa shape index (κ3) is 5.60. The van der Waals surface area contributed by atoms with Crippen molar-refractivity contribution in [2.45, 2.75) is 40.5 Å². The summed E-state index contributed by atoms with van der Waals surface area (Å²) in [6, 6.07) is 11.9. The monoisotopic (exact) mass is 424 g/mol. The van der Waals surface area contributed by atoms with Crippen LogP contribution in [0.3, 0.4) is 0 Å². The number of unbranched alkanes of at least 4 members (excludes halogenated alkanes) is 1. The van der Waals surface area contributed by atoms with Gasteiger partial charge in [0.05, 0.1) is 12.3 Å². The number of carbonyl (C=O) groups excluding carboxylic acids is 1. The van der Waals surface area contributed by atoms with Gasteiger partial charge in [-0.1, -0.05) is 25.5 Å². The Morgan fingerprint density at radius 1 is 1.03 bits per heavy atom. The van der Waals surface area contributed by atoms with Crippen molar-refractivity contribution in [1.29, 1.82) is 0 Å². The molecule has 0 aliphatic rings. The number of benzene rings is 2. The van der Waals surface area contributed by atoms with Crippen molar-refractivity contribution in [3.05, 3.63) is 58.5 Å². The lowest BCUT2D eigenvalue weighted by atomic mass is 10.1. The molecule has 1 amide bonds. The van der Waals surface area contributed by atoms with Gasteiger partial charge in [-0.3, -0.25) is 10.1 Å². The fourth-order valence-corrected chi connectivity index (χ4v) is 3.70. The van der Waals surface area contributed by atoms with Gasteiger partial charge in [0.15, 0.2) is 11.7 Å². The molecule has 6 heteroatoms. The first-order valence-electron chi connectivity index (χ1n) is 10.2. The van der Waals surface area contributed by atoms with Gasteiger partial charge in [-0.25, -0.2) is 4.98 Å². The number of rotatable bonds is 9. The second-order valence-corrected chi connectivity index (χ2v) is 8.11. The summed E-state index contributed by atoms with van der Waals surface area (Å²) in [5.41, 5.74) is 5.02. The maximum atomic E-state index is 12.3. The highest BCUT2D eigenvalue weighted by molar-refractivity contribution is 7.14. The average Bonchev–Trinajstić information content (AvgIpc) is 3.20. The number of hydrogen-bond acceptors (Lipinski definition) is 5. The third-order valence-corrected chi connectivity index (χ3v) is 5.65. The molecular formula is C24H28N2O3S. The van der Waals surface area contributed by atoms with Crippen LogP contribution in [0.4, 0.5) is 5.13 Å². The number of ether oxygens (including phenoxy) is 2. The number of hydrogen-bond donors (Lipinski definition) is 1. The van der Waals surface area contributed by atoms with Crippen LogP contribution in [0.25, 0.3) is 11.3 Å². The van der Waals surface area contributed by atoms with Gasteiger partial charge in [0.1, 0.15) is 11.5 Å². The van der Waals surface area contributed by atoms with E-state index < -0.39 is 0 Å². The van der Waals surface area contributed by atoms with E-state index in [1.54, 1.807) is 0 Å². The number of nitrogens with zero attached hydrogens (tertiary/aromatic N) is 1. The highest BCUT2D eigenvalue weighted by Crippen LogP contribution is 2.27. The van der Waals surface area contributed by atoms with Crippen molar-refractivity contribution in [3.8, 4) is 22.8 Å². The number of amides is 1. The van der Waals surface area contributed by atoms with E-state index in [4.69, 9.17) is 9.47 Å². The Balaban J connectivity index is 1.56. The minimum atomic E-state index is -0.226. The van der Waals surface area contributed by atoms with Gasteiger partial charge < -0.3 is 9.47 Å². The molecule has 3 aromatic rings. The summed E-state index contributed by atoms with van der Waals surface area (Å²) in [6.07, 6.45) is 2.16. The smallest absolute Gasteiger partial charge is 0.264 e. The van der Waals surface area contributed by atoms with Crippen molar-refractivity contribution in [3.63, 3.8) is 0 Å². The number of thiazole rings is 1. The van der Waals surface area contributed by atoms with E-state index in [2.05, 4.69) is 23.3 Å². The maximum Gasteiger partial charge on any atom is 0.264 e. The Kier molecular flexibility index (Phi) is 7.46. The zero-order valence-corrected chi connectivity index (χ0v) is 18.8. The van der Waals surface area contributed by atoms with E-state index in [1.807, 2.05) is 56.5 Å². The van der Waals surface area contributed by atoms with Crippen molar-refractivity contribution in [1.82, 2.24) is 4.98 Å². The number of aryl methyl sites for hydroxylation is 2. The summed E-state index contributed by atoms with van der Waals surface area (Å²) in [7, 11) is 0. The molecule has 0 unspecified atom stereocenters. The normalized spacial score (nSPS) is 10.7. The van der Waals surface area contributed by atoms with E-state index in [-0.39, 0.29) is 12.5 Å². The maximum absolute atomic E-state index is 12.3. The average molecular weight is 425 g/mol. The highest BCUT2D eigenvalue weighted by atomic mass is 32.1. The summed E-state index contributed by atoms with van der Waals surface area (Å²) >= 11 is 1.39. The van der Waals surface area contributed by atoms with Gasteiger partial charge in [-0.15, -0.1) is 11.3 Å². The molecular weight excluding hydrogens is 396 g/mol. The molecule has 0 aliphatic heterocycles. The van der Waals surface area contributed by atoms with E-state index >= 15 is 0 Å². The van der Waals surface area contributed by atoms with Crippen LogP contribution in [0.5, 0.6) is 11.5 Å². The molecule has 5 nitrogen and oxygen atoms in total. The van der Waals surface area contributed by atoms with Crippen LogP contribution in [0, 0.1) is 20.8 Å². The summed E-state index contributed by atoms with van der Waals surface area (Å²) in [5.74, 6) is 1.40. The van der Waals surface area contributed by atoms with Gasteiger partial charge in [0.25, 0.3) is 5.91 Å². The van der Waals surface area contributed by atoms with Crippen LogP contribution in [-0.2, 0) is 4.79 Å². The molecule has 0 spiro atoms. The second-order valence-electron chi connectivity index (χ2n) is 7.25. The number of nitrogens with one attached hydrogen (secondary N) is 1. The van der Waals surface area contributed by atoms with Crippen LogP contribution in [0.1, 0.15) is 36.5 Å². The van der Waals surface area contributed by atoms with Crippen molar-refractivity contribution >= 4 is 22.4 Å². The highest BCUT2D eigenvalue weighted by Gasteiger charge is 2.12. The van der Waals surface area contributed by atoms with E-state index in [0.29, 0.717) is 5.13 Å². The molecule has 30 heavy (non-hydrogen) atoms. The predicted octanol–water partition coefficient (Wildman–Crippen LogP) is 5.93. The topological polar surface area (TPSA) is 60.5 Å². The molecule has 0 atom stereocenters. The molecule has 2 aromatic carbocycles. The quantitative estimate of drug-likeness (QED) is 0.432.